The van der Waals surface area contributed by atoms with Gasteiger partial charge in [0.1, 0.15) is 6.61 Å². The Kier molecular flexibility index (Phi) is 8.79. The van der Waals surface area contributed by atoms with E-state index in [2.05, 4.69) is 14.8 Å². The van der Waals surface area contributed by atoms with Crippen LogP contribution in [-0.2, 0) is 23.8 Å². The largest absolute Gasteiger partial charge is 0.493 e. The van der Waals surface area contributed by atoms with Crippen LogP contribution >= 0.6 is 11.8 Å². The van der Waals surface area contributed by atoms with Gasteiger partial charge in [-0.3, -0.25) is 9.69 Å². The number of halogens is 6. The number of amidine groups is 1. The third-order valence-corrected chi connectivity index (χ3v) is 8.69. The number of amides is 1. The van der Waals surface area contributed by atoms with Gasteiger partial charge in [-0.05, 0) is 60.5 Å². The molecule has 13 heteroatoms. The average molecular weight is 614 g/mol. The zero-order valence-corrected chi connectivity index (χ0v) is 23.5. The molecule has 226 valence electrons. The van der Waals surface area contributed by atoms with Crippen molar-refractivity contribution in [3.05, 3.63) is 63.6 Å². The molecule has 2 aromatic carbocycles. The Hall–Kier alpha value is -3.19. The second-order valence-electron chi connectivity index (χ2n) is 10.3. The molecule has 5 rings (SSSR count). The number of piperazine rings is 1. The fourth-order valence-corrected chi connectivity index (χ4v) is 6.39. The Morgan fingerprint density at radius 1 is 0.952 bits per heavy atom. The minimum atomic E-state index is -5.00. The minimum Gasteiger partial charge on any atom is -0.493 e. The fraction of sp³-hybridized carbons (Fsp3) is 0.448. The van der Waals surface area contributed by atoms with Crippen molar-refractivity contribution in [2.24, 2.45) is 4.99 Å². The Morgan fingerprint density at radius 2 is 1.67 bits per heavy atom. The molecule has 0 radical (unpaired) electrons. The first-order valence-electron chi connectivity index (χ1n) is 13.5. The van der Waals surface area contributed by atoms with Gasteiger partial charge in [0.2, 0.25) is 0 Å². The Morgan fingerprint density at radius 3 is 2.31 bits per heavy atom. The number of benzene rings is 2. The molecule has 0 bridgehead atoms. The standard InChI is InChI=1S/C29H29F6N3O3S/c1-40-24-14-18(6-9-23(24)41-17-19-7-8-20(28(30,31)32)16-22(19)29(33,34)35)15-25-26(39)36-27(42-25)38-12-10-37(11-13-38)21-4-2-3-5-21/h6-9,14-16,21H,2-5,10-13,17H2,1H3/b25-15-. The number of ether oxygens (including phenoxy) is 2. The third-order valence-electron chi connectivity index (χ3n) is 7.65. The molecule has 0 atom stereocenters. The van der Waals surface area contributed by atoms with E-state index in [4.69, 9.17) is 9.47 Å². The van der Waals surface area contributed by atoms with Gasteiger partial charge >= 0.3 is 12.4 Å². The monoisotopic (exact) mass is 613 g/mol. The Balaban J connectivity index is 1.24. The Bertz CT molecular complexity index is 1380. The smallest absolute Gasteiger partial charge is 0.416 e. The van der Waals surface area contributed by atoms with Crippen molar-refractivity contribution in [2.45, 2.75) is 50.7 Å². The number of hydrogen-bond donors (Lipinski definition) is 0. The van der Waals surface area contributed by atoms with E-state index in [0.717, 1.165) is 32.2 Å². The molecular weight excluding hydrogens is 584 g/mol. The van der Waals surface area contributed by atoms with Crippen LogP contribution in [0.2, 0.25) is 0 Å². The number of thioether (sulfide) groups is 1. The summed E-state index contributed by atoms with van der Waals surface area (Å²) in [6, 6.07) is 6.71. The topological polar surface area (TPSA) is 54.4 Å². The summed E-state index contributed by atoms with van der Waals surface area (Å²) in [5.74, 6) is -0.0749. The number of methoxy groups -OCH3 is 1. The number of hydrogen-bond acceptors (Lipinski definition) is 6. The van der Waals surface area contributed by atoms with Gasteiger partial charge in [-0.15, -0.1) is 0 Å². The van der Waals surface area contributed by atoms with Crippen molar-refractivity contribution in [2.75, 3.05) is 33.3 Å². The van der Waals surface area contributed by atoms with Crippen LogP contribution in [0.1, 0.15) is 47.9 Å². The average Bonchev–Trinajstić information content (AvgIpc) is 3.62. The van der Waals surface area contributed by atoms with Crippen molar-refractivity contribution in [3.8, 4) is 11.5 Å². The van der Waals surface area contributed by atoms with Crippen molar-refractivity contribution >= 4 is 28.9 Å². The molecule has 3 aliphatic rings. The van der Waals surface area contributed by atoms with Crippen LogP contribution in [0.5, 0.6) is 11.5 Å². The van der Waals surface area contributed by atoms with Crippen LogP contribution in [0.4, 0.5) is 26.3 Å². The van der Waals surface area contributed by atoms with E-state index in [1.165, 1.54) is 50.6 Å². The molecule has 1 aliphatic carbocycles. The van der Waals surface area contributed by atoms with E-state index in [0.29, 0.717) is 27.7 Å². The molecule has 2 fully saturated rings. The van der Waals surface area contributed by atoms with Gasteiger partial charge < -0.3 is 14.4 Å². The van der Waals surface area contributed by atoms with Crippen molar-refractivity contribution in [3.63, 3.8) is 0 Å². The maximum absolute atomic E-state index is 13.5. The highest BCUT2D eigenvalue weighted by Crippen LogP contribution is 2.39. The maximum atomic E-state index is 13.5. The van der Waals surface area contributed by atoms with Gasteiger partial charge in [0.05, 0.1) is 23.1 Å². The number of aliphatic imine (C=N–C) groups is 1. The highest BCUT2D eigenvalue weighted by Gasteiger charge is 2.38. The summed E-state index contributed by atoms with van der Waals surface area (Å²) in [6.45, 7) is 2.85. The van der Waals surface area contributed by atoms with Crippen LogP contribution in [0.15, 0.2) is 46.3 Å². The molecule has 2 aliphatic heterocycles. The molecule has 2 aromatic rings. The first kappa shape index (κ1) is 30.3. The van der Waals surface area contributed by atoms with Crippen LogP contribution in [0.25, 0.3) is 6.08 Å². The lowest BCUT2D eigenvalue weighted by atomic mass is 10.0. The van der Waals surface area contributed by atoms with Crippen LogP contribution in [-0.4, -0.2) is 60.2 Å². The predicted octanol–water partition coefficient (Wildman–Crippen LogP) is 6.84. The summed E-state index contributed by atoms with van der Waals surface area (Å²) in [6.07, 6.45) is -3.20. The third kappa shape index (κ3) is 6.88. The number of rotatable bonds is 6. The molecule has 6 nitrogen and oxygen atoms in total. The van der Waals surface area contributed by atoms with Gasteiger partial charge in [-0.1, -0.05) is 25.0 Å². The molecule has 1 saturated heterocycles. The summed E-state index contributed by atoms with van der Waals surface area (Å²) in [5, 5.41) is 0.668. The van der Waals surface area contributed by atoms with E-state index < -0.39 is 35.6 Å². The number of carbonyl (C=O) groups is 1. The molecule has 0 unspecified atom stereocenters. The first-order valence-corrected chi connectivity index (χ1v) is 14.3. The summed E-state index contributed by atoms with van der Waals surface area (Å²) >= 11 is 1.30. The molecule has 0 aromatic heterocycles. The van der Waals surface area contributed by atoms with Gasteiger partial charge in [0, 0.05) is 37.8 Å². The summed E-state index contributed by atoms with van der Waals surface area (Å²) in [7, 11) is 1.35. The first-order chi connectivity index (χ1) is 19.9. The van der Waals surface area contributed by atoms with Gasteiger partial charge in [-0.2, -0.15) is 31.3 Å². The summed E-state index contributed by atoms with van der Waals surface area (Å²) in [5.41, 5.74) is -2.69. The molecular formula is C29H29F6N3O3S. The van der Waals surface area contributed by atoms with Gasteiger partial charge in [-0.25, -0.2) is 0 Å². The van der Waals surface area contributed by atoms with E-state index in [1.54, 1.807) is 18.2 Å². The maximum Gasteiger partial charge on any atom is 0.416 e. The lowest BCUT2D eigenvalue weighted by Crippen LogP contribution is -2.50. The van der Waals surface area contributed by atoms with Crippen LogP contribution in [0.3, 0.4) is 0 Å². The van der Waals surface area contributed by atoms with Crippen LogP contribution < -0.4 is 9.47 Å². The SMILES string of the molecule is COc1cc(/C=C2\SC(N3CCN(C4CCCC4)CC3)=NC2=O)ccc1OCc1ccc(C(F)(F)F)cc1C(F)(F)F. The van der Waals surface area contributed by atoms with E-state index in [1.807, 2.05) is 0 Å². The minimum absolute atomic E-state index is 0.0767. The van der Waals surface area contributed by atoms with Crippen LogP contribution in [0, 0.1) is 0 Å². The normalized spacial score (nSPS) is 20.0. The van der Waals surface area contributed by atoms with Crippen molar-refractivity contribution in [1.29, 1.82) is 0 Å². The Labute approximate surface area is 243 Å². The van der Waals surface area contributed by atoms with Gasteiger partial charge in [0.25, 0.3) is 5.91 Å². The summed E-state index contributed by atoms with van der Waals surface area (Å²) < 4.78 is 90.3. The zero-order chi connectivity index (χ0) is 30.1. The quantitative estimate of drug-likeness (QED) is 0.263. The van der Waals surface area contributed by atoms with Gasteiger partial charge in [0.15, 0.2) is 16.7 Å². The zero-order valence-electron chi connectivity index (χ0n) is 22.7. The van der Waals surface area contributed by atoms with E-state index in [-0.39, 0.29) is 23.5 Å². The predicted molar refractivity (Wildman–Crippen MR) is 147 cm³/mol. The molecule has 2 heterocycles. The summed E-state index contributed by atoms with van der Waals surface area (Å²) in [4.78, 5) is 22.0. The number of nitrogens with zero attached hydrogens (tertiary/aromatic N) is 3. The number of carbonyl (C=O) groups excluding carboxylic acids is 1. The van der Waals surface area contributed by atoms with E-state index >= 15 is 0 Å². The molecule has 1 amide bonds. The second-order valence-corrected chi connectivity index (χ2v) is 11.3. The number of alkyl halides is 6. The molecule has 0 N–H and O–H groups in total. The van der Waals surface area contributed by atoms with Crippen molar-refractivity contribution < 1.29 is 40.6 Å². The van der Waals surface area contributed by atoms with E-state index in [9.17, 15) is 31.1 Å². The van der Waals surface area contributed by atoms with Crippen molar-refractivity contribution in [1.82, 2.24) is 9.80 Å². The highest BCUT2D eigenvalue weighted by atomic mass is 32.2. The fourth-order valence-electron chi connectivity index (χ4n) is 5.42. The molecule has 1 saturated carbocycles. The second kappa shape index (κ2) is 12.2. The highest BCUT2D eigenvalue weighted by molar-refractivity contribution is 8.18. The molecule has 42 heavy (non-hydrogen) atoms. The molecule has 0 spiro atoms. The lowest BCUT2D eigenvalue weighted by Gasteiger charge is -2.38. The lowest BCUT2D eigenvalue weighted by molar-refractivity contribution is -0.143.